The van der Waals surface area contributed by atoms with Gasteiger partial charge in [-0.2, -0.15) is 0 Å². The molecule has 0 saturated carbocycles. The largest absolute Gasteiger partial charge is 0.353 e. The zero-order valence-corrected chi connectivity index (χ0v) is 8.41. The van der Waals surface area contributed by atoms with Gasteiger partial charge >= 0.3 is 0 Å². The van der Waals surface area contributed by atoms with Gasteiger partial charge in [-0.3, -0.25) is 0 Å². The maximum absolute atomic E-state index is 5.47. The van der Waals surface area contributed by atoms with Crippen LogP contribution in [0.15, 0.2) is 0 Å². The fourth-order valence-electron chi connectivity index (χ4n) is 1.66. The van der Waals surface area contributed by atoms with Crippen LogP contribution < -0.4 is 0 Å². The van der Waals surface area contributed by atoms with Crippen LogP contribution in [-0.2, 0) is 0 Å². The van der Waals surface area contributed by atoms with Crippen molar-refractivity contribution in [2.24, 2.45) is 0 Å². The first kappa shape index (κ1) is 11.1. The van der Waals surface area contributed by atoms with E-state index in [0.717, 1.165) is 26.2 Å². The fourth-order valence-corrected chi connectivity index (χ4v) is 1.66. The predicted molar refractivity (Wildman–Crippen MR) is 57.7 cm³/mol. The lowest BCUT2D eigenvalue weighted by molar-refractivity contribution is 0.367. The SMILES string of the molecule is [B]N1CCCC1.[B]N1CCCCC1. The van der Waals surface area contributed by atoms with Crippen molar-refractivity contribution in [2.45, 2.75) is 32.1 Å². The number of hydrogen-bond donors (Lipinski definition) is 0. The number of rotatable bonds is 0. The Morgan fingerprint density at radius 1 is 0.538 bits per heavy atom. The lowest BCUT2D eigenvalue weighted by atomic mass is 10.1. The highest BCUT2D eigenvalue weighted by molar-refractivity contribution is 6.04. The summed E-state index contributed by atoms with van der Waals surface area (Å²) in [5.41, 5.74) is 0. The maximum atomic E-state index is 5.47. The molecule has 2 saturated heterocycles. The normalized spacial score (nSPS) is 25.2. The molecule has 4 radical (unpaired) electrons. The van der Waals surface area contributed by atoms with E-state index < -0.39 is 0 Å². The van der Waals surface area contributed by atoms with Gasteiger partial charge in [-0.05, 0) is 51.9 Å². The Morgan fingerprint density at radius 3 is 1.00 bits per heavy atom. The molecular formula is C9H18B2N2. The van der Waals surface area contributed by atoms with Gasteiger partial charge in [0.15, 0.2) is 16.0 Å². The third-order valence-electron chi connectivity index (χ3n) is 2.53. The van der Waals surface area contributed by atoms with Gasteiger partial charge in [-0.15, -0.1) is 0 Å². The Kier molecular flexibility index (Phi) is 5.56. The Bertz CT molecular complexity index is 121. The second-order valence-corrected chi connectivity index (χ2v) is 3.84. The van der Waals surface area contributed by atoms with Crippen LogP contribution >= 0.6 is 0 Å². The Morgan fingerprint density at radius 2 is 0.846 bits per heavy atom. The van der Waals surface area contributed by atoms with Gasteiger partial charge in [-0.25, -0.2) is 0 Å². The fraction of sp³-hybridized carbons (Fsp3) is 1.00. The molecule has 0 aliphatic carbocycles. The highest BCUT2D eigenvalue weighted by Crippen LogP contribution is 2.04. The van der Waals surface area contributed by atoms with E-state index in [9.17, 15) is 0 Å². The van der Waals surface area contributed by atoms with Crippen LogP contribution in [0, 0.1) is 0 Å². The van der Waals surface area contributed by atoms with Gasteiger partial charge in [-0.1, -0.05) is 6.42 Å². The molecule has 0 aromatic heterocycles. The minimum Gasteiger partial charge on any atom is -0.353 e. The van der Waals surface area contributed by atoms with Crippen LogP contribution in [0.2, 0.25) is 0 Å². The summed E-state index contributed by atoms with van der Waals surface area (Å²) < 4.78 is 0. The summed E-state index contributed by atoms with van der Waals surface area (Å²) >= 11 is 0. The third-order valence-corrected chi connectivity index (χ3v) is 2.53. The molecule has 70 valence electrons. The Labute approximate surface area is 84.5 Å². The molecule has 13 heavy (non-hydrogen) atoms. The molecule has 2 aliphatic rings. The molecule has 0 amide bonds. The standard InChI is InChI=1S/C5H10BN.C4H8BN/c6-7-4-2-1-3-5-7;5-6-3-1-2-4-6/h1-5H2;1-4H2. The first-order valence-corrected chi connectivity index (χ1v) is 5.28. The molecule has 0 aromatic rings. The number of nitrogens with zero attached hydrogens (tertiary/aromatic N) is 2. The van der Waals surface area contributed by atoms with Crippen molar-refractivity contribution >= 4 is 16.0 Å². The molecule has 0 bridgehead atoms. The van der Waals surface area contributed by atoms with Gasteiger partial charge in [0.2, 0.25) is 0 Å². The molecule has 0 N–H and O–H groups in total. The minimum atomic E-state index is 1.10. The van der Waals surface area contributed by atoms with Gasteiger partial charge in [0.1, 0.15) is 0 Å². The van der Waals surface area contributed by atoms with Gasteiger partial charge < -0.3 is 9.62 Å². The van der Waals surface area contributed by atoms with E-state index in [1.807, 2.05) is 9.62 Å². The quantitative estimate of drug-likeness (QED) is 0.501. The average Bonchev–Trinajstić information content (AvgIpc) is 2.58. The average molecular weight is 176 g/mol. The molecule has 2 nitrogen and oxygen atoms in total. The highest BCUT2D eigenvalue weighted by Gasteiger charge is 2.03. The molecule has 0 aromatic carbocycles. The molecular weight excluding hydrogens is 158 g/mol. The lowest BCUT2D eigenvalue weighted by Crippen LogP contribution is -2.26. The summed E-state index contributed by atoms with van der Waals surface area (Å²) in [6, 6.07) is 0. The Hall–Kier alpha value is 0.0499. The first-order chi connectivity index (χ1) is 6.29. The van der Waals surface area contributed by atoms with E-state index in [-0.39, 0.29) is 0 Å². The molecule has 2 rings (SSSR count). The van der Waals surface area contributed by atoms with Crippen LogP contribution in [0.5, 0.6) is 0 Å². The maximum Gasteiger partial charge on any atom is 0.182 e. The Balaban J connectivity index is 0.000000132. The summed E-state index contributed by atoms with van der Waals surface area (Å²) in [6.45, 7) is 4.39. The molecule has 4 heteroatoms. The van der Waals surface area contributed by atoms with Crippen molar-refractivity contribution in [1.82, 2.24) is 9.62 Å². The van der Waals surface area contributed by atoms with Crippen molar-refractivity contribution in [3.63, 3.8) is 0 Å². The molecule has 2 aliphatic heterocycles. The van der Waals surface area contributed by atoms with E-state index in [0.29, 0.717) is 0 Å². The minimum absolute atomic E-state index is 1.10. The second-order valence-electron chi connectivity index (χ2n) is 3.84. The summed E-state index contributed by atoms with van der Waals surface area (Å²) in [7, 11) is 10.8. The lowest BCUT2D eigenvalue weighted by Gasteiger charge is -2.21. The molecule has 0 unspecified atom stereocenters. The summed E-state index contributed by atoms with van der Waals surface area (Å²) in [6.07, 6.45) is 6.52. The van der Waals surface area contributed by atoms with Crippen molar-refractivity contribution in [3.05, 3.63) is 0 Å². The van der Waals surface area contributed by atoms with E-state index in [1.54, 1.807) is 0 Å². The number of hydrogen-bond acceptors (Lipinski definition) is 2. The molecule has 0 atom stereocenters. The summed E-state index contributed by atoms with van der Waals surface area (Å²) in [5.74, 6) is 0. The third kappa shape index (κ3) is 5.37. The summed E-state index contributed by atoms with van der Waals surface area (Å²) in [5, 5.41) is 0. The first-order valence-electron chi connectivity index (χ1n) is 5.28. The van der Waals surface area contributed by atoms with Crippen LogP contribution in [0.4, 0.5) is 0 Å². The van der Waals surface area contributed by atoms with E-state index in [4.69, 9.17) is 16.0 Å². The van der Waals surface area contributed by atoms with Gasteiger partial charge in [0.25, 0.3) is 0 Å². The van der Waals surface area contributed by atoms with E-state index >= 15 is 0 Å². The zero-order valence-electron chi connectivity index (χ0n) is 8.41. The second kappa shape index (κ2) is 6.50. The topological polar surface area (TPSA) is 6.48 Å². The monoisotopic (exact) mass is 176 g/mol. The zero-order chi connectivity index (χ0) is 9.52. The number of piperidine rings is 1. The predicted octanol–water partition coefficient (Wildman–Crippen LogP) is 0.721. The van der Waals surface area contributed by atoms with Gasteiger partial charge in [0.05, 0.1) is 0 Å². The van der Waals surface area contributed by atoms with Crippen molar-refractivity contribution < 1.29 is 0 Å². The van der Waals surface area contributed by atoms with Crippen LogP contribution in [0.1, 0.15) is 32.1 Å². The van der Waals surface area contributed by atoms with Crippen molar-refractivity contribution in [2.75, 3.05) is 26.2 Å². The molecule has 0 spiro atoms. The van der Waals surface area contributed by atoms with Crippen molar-refractivity contribution in [1.29, 1.82) is 0 Å². The van der Waals surface area contributed by atoms with E-state index in [2.05, 4.69) is 0 Å². The van der Waals surface area contributed by atoms with Crippen LogP contribution in [-0.4, -0.2) is 51.8 Å². The van der Waals surface area contributed by atoms with Crippen molar-refractivity contribution in [3.8, 4) is 0 Å². The van der Waals surface area contributed by atoms with E-state index in [1.165, 1.54) is 32.1 Å². The molecule has 2 fully saturated rings. The smallest absolute Gasteiger partial charge is 0.182 e. The highest BCUT2D eigenvalue weighted by atomic mass is 15.0. The van der Waals surface area contributed by atoms with Crippen LogP contribution in [0.3, 0.4) is 0 Å². The van der Waals surface area contributed by atoms with Gasteiger partial charge in [0, 0.05) is 0 Å². The van der Waals surface area contributed by atoms with Crippen LogP contribution in [0.25, 0.3) is 0 Å². The summed E-state index contributed by atoms with van der Waals surface area (Å²) in [4.78, 5) is 3.75. The molecule has 2 heterocycles.